The molecule has 0 bridgehead atoms. The van der Waals surface area contributed by atoms with E-state index in [4.69, 9.17) is 4.74 Å². The third kappa shape index (κ3) is 4.51. The van der Waals surface area contributed by atoms with Gasteiger partial charge in [-0.3, -0.25) is 4.79 Å². The number of hydrogen-bond donors (Lipinski definition) is 1. The monoisotopic (exact) mass is 386 g/mol. The van der Waals surface area contributed by atoms with Gasteiger partial charge in [-0.1, -0.05) is 25.1 Å². The van der Waals surface area contributed by atoms with Crippen LogP contribution >= 0.6 is 22.7 Å². The van der Waals surface area contributed by atoms with Crippen LogP contribution in [0.25, 0.3) is 0 Å². The minimum atomic E-state index is -0.0838. The van der Waals surface area contributed by atoms with Crippen LogP contribution in [0.2, 0.25) is 0 Å². The zero-order chi connectivity index (χ0) is 18.5. The van der Waals surface area contributed by atoms with Gasteiger partial charge >= 0.3 is 0 Å². The molecule has 2 heterocycles. The summed E-state index contributed by atoms with van der Waals surface area (Å²) in [7, 11) is 0. The summed E-state index contributed by atoms with van der Waals surface area (Å²) >= 11 is 3.03. The van der Waals surface area contributed by atoms with Crippen LogP contribution in [0.15, 0.2) is 41.8 Å². The van der Waals surface area contributed by atoms with Crippen molar-refractivity contribution in [3.63, 3.8) is 0 Å². The topological polar surface area (TPSA) is 51.2 Å². The van der Waals surface area contributed by atoms with Crippen molar-refractivity contribution in [1.82, 2.24) is 10.3 Å². The van der Waals surface area contributed by atoms with Gasteiger partial charge in [0, 0.05) is 4.88 Å². The van der Waals surface area contributed by atoms with Gasteiger partial charge in [-0.05, 0) is 49.4 Å². The lowest BCUT2D eigenvalue weighted by Crippen LogP contribution is -2.25. The summed E-state index contributed by atoms with van der Waals surface area (Å²) in [5.74, 6) is 0.729. The number of carbonyl (C=O) groups is 1. The number of nitrogens with zero attached hydrogens (tertiary/aromatic N) is 1. The van der Waals surface area contributed by atoms with Crippen molar-refractivity contribution in [2.24, 2.45) is 0 Å². The number of thiophene rings is 1. The summed E-state index contributed by atoms with van der Waals surface area (Å²) in [6.07, 6.45) is 1.01. The quantitative estimate of drug-likeness (QED) is 0.611. The van der Waals surface area contributed by atoms with E-state index in [0.717, 1.165) is 27.7 Å². The number of ether oxygens (including phenoxy) is 1. The third-order valence-corrected chi connectivity index (χ3v) is 6.24. The normalized spacial score (nSPS) is 12.0. The molecule has 0 spiro atoms. The summed E-state index contributed by atoms with van der Waals surface area (Å²) in [6, 6.07) is 12.1. The SMILES string of the molecule is CCc1ccc(OCc2nc(C)c(C(=O)N[C@H](C)c3cccs3)s2)cc1. The Balaban J connectivity index is 1.61. The van der Waals surface area contributed by atoms with Crippen molar-refractivity contribution in [2.75, 3.05) is 0 Å². The Bertz CT molecular complexity index is 855. The molecule has 0 aliphatic carbocycles. The second-order valence-corrected chi connectivity index (χ2v) is 8.08. The Morgan fingerprint density at radius 2 is 2.04 bits per heavy atom. The number of rotatable bonds is 7. The molecule has 0 saturated heterocycles. The molecule has 136 valence electrons. The van der Waals surface area contributed by atoms with Crippen LogP contribution in [0, 0.1) is 6.92 Å². The van der Waals surface area contributed by atoms with Crippen molar-refractivity contribution >= 4 is 28.6 Å². The van der Waals surface area contributed by atoms with Gasteiger partial charge in [0.2, 0.25) is 0 Å². The number of nitrogens with one attached hydrogen (secondary N) is 1. The van der Waals surface area contributed by atoms with Crippen LogP contribution < -0.4 is 10.1 Å². The van der Waals surface area contributed by atoms with Crippen molar-refractivity contribution in [3.05, 3.63) is 67.8 Å². The zero-order valence-electron chi connectivity index (χ0n) is 15.1. The van der Waals surface area contributed by atoms with Crippen molar-refractivity contribution in [1.29, 1.82) is 0 Å². The van der Waals surface area contributed by atoms with Crippen molar-refractivity contribution in [3.8, 4) is 5.75 Å². The smallest absolute Gasteiger partial charge is 0.263 e. The molecule has 3 rings (SSSR count). The number of aryl methyl sites for hydroxylation is 2. The molecule has 26 heavy (non-hydrogen) atoms. The number of thiazole rings is 1. The van der Waals surface area contributed by atoms with E-state index in [9.17, 15) is 4.79 Å². The Labute approximate surface area is 161 Å². The minimum absolute atomic E-state index is 0.0132. The van der Waals surface area contributed by atoms with Gasteiger partial charge in [0.05, 0.1) is 11.7 Å². The van der Waals surface area contributed by atoms with Crippen LogP contribution in [0.5, 0.6) is 5.75 Å². The van der Waals surface area contributed by atoms with E-state index >= 15 is 0 Å². The molecule has 2 aromatic heterocycles. The van der Waals surface area contributed by atoms with Gasteiger partial charge < -0.3 is 10.1 Å². The molecule has 1 N–H and O–H groups in total. The molecule has 0 fully saturated rings. The molecular formula is C20H22N2O2S2. The van der Waals surface area contributed by atoms with Crippen LogP contribution in [0.1, 0.15) is 50.7 Å². The minimum Gasteiger partial charge on any atom is -0.486 e. The van der Waals surface area contributed by atoms with Gasteiger partial charge in [0.25, 0.3) is 5.91 Å². The van der Waals surface area contributed by atoms with Gasteiger partial charge in [0.1, 0.15) is 22.2 Å². The van der Waals surface area contributed by atoms with E-state index in [2.05, 4.69) is 29.4 Å². The highest BCUT2D eigenvalue weighted by Crippen LogP contribution is 2.23. The maximum absolute atomic E-state index is 12.6. The predicted molar refractivity (Wildman–Crippen MR) is 107 cm³/mol. The predicted octanol–water partition coefficient (Wildman–Crippen LogP) is 5.15. The first-order chi connectivity index (χ1) is 12.6. The highest BCUT2D eigenvalue weighted by Gasteiger charge is 2.18. The standard InChI is InChI=1S/C20H22N2O2S2/c1-4-15-7-9-16(10-8-15)24-12-18-21-14(3)19(26-18)20(23)22-13(2)17-6-5-11-25-17/h5-11,13H,4,12H2,1-3H3,(H,22,23)/t13-/m1/s1. The number of benzene rings is 1. The van der Waals surface area contributed by atoms with Crippen LogP contribution in [0.3, 0.4) is 0 Å². The fraction of sp³-hybridized carbons (Fsp3) is 0.300. The molecule has 1 amide bonds. The van der Waals surface area contributed by atoms with Crippen LogP contribution in [-0.2, 0) is 13.0 Å². The van der Waals surface area contributed by atoms with E-state index in [1.165, 1.54) is 16.9 Å². The lowest BCUT2D eigenvalue weighted by molar-refractivity contribution is 0.0944. The molecule has 0 radical (unpaired) electrons. The molecule has 1 atom stereocenters. The van der Waals surface area contributed by atoms with E-state index in [1.54, 1.807) is 11.3 Å². The summed E-state index contributed by atoms with van der Waals surface area (Å²) in [5.41, 5.74) is 2.02. The molecule has 4 nitrogen and oxygen atoms in total. The summed E-state index contributed by atoms with van der Waals surface area (Å²) in [4.78, 5) is 18.8. The highest BCUT2D eigenvalue weighted by molar-refractivity contribution is 7.13. The first kappa shape index (κ1) is 18.6. The molecule has 0 unspecified atom stereocenters. The van der Waals surface area contributed by atoms with E-state index < -0.39 is 0 Å². The molecule has 0 aliphatic rings. The zero-order valence-corrected chi connectivity index (χ0v) is 16.7. The largest absolute Gasteiger partial charge is 0.486 e. The van der Waals surface area contributed by atoms with Gasteiger partial charge in [-0.2, -0.15) is 0 Å². The Hall–Kier alpha value is -2.18. The Kier molecular flexibility index (Phi) is 6.06. The fourth-order valence-corrected chi connectivity index (χ4v) is 4.18. The average Bonchev–Trinajstić information content (AvgIpc) is 3.30. The first-order valence-corrected chi connectivity index (χ1v) is 10.3. The number of carbonyl (C=O) groups excluding carboxylic acids is 1. The lowest BCUT2D eigenvalue weighted by atomic mass is 10.2. The third-order valence-electron chi connectivity index (χ3n) is 4.06. The number of aromatic nitrogens is 1. The van der Waals surface area contributed by atoms with Crippen LogP contribution in [-0.4, -0.2) is 10.9 Å². The van der Waals surface area contributed by atoms with Gasteiger partial charge in [-0.25, -0.2) is 4.98 Å². The van der Waals surface area contributed by atoms with E-state index in [0.29, 0.717) is 11.5 Å². The highest BCUT2D eigenvalue weighted by atomic mass is 32.1. The number of amides is 1. The maximum atomic E-state index is 12.6. The summed E-state index contributed by atoms with van der Waals surface area (Å²) in [6.45, 7) is 6.34. The molecule has 0 saturated carbocycles. The van der Waals surface area contributed by atoms with Gasteiger partial charge in [-0.15, -0.1) is 22.7 Å². The second kappa shape index (κ2) is 8.47. The Morgan fingerprint density at radius 3 is 2.69 bits per heavy atom. The molecular weight excluding hydrogens is 364 g/mol. The number of hydrogen-bond acceptors (Lipinski definition) is 5. The summed E-state index contributed by atoms with van der Waals surface area (Å²) < 4.78 is 5.80. The van der Waals surface area contributed by atoms with Gasteiger partial charge in [0.15, 0.2) is 0 Å². The molecule has 6 heteroatoms. The molecule has 3 aromatic rings. The van der Waals surface area contributed by atoms with E-state index in [1.807, 2.05) is 43.5 Å². The first-order valence-electron chi connectivity index (χ1n) is 8.59. The van der Waals surface area contributed by atoms with Crippen molar-refractivity contribution in [2.45, 2.75) is 39.8 Å². The lowest BCUT2D eigenvalue weighted by Gasteiger charge is -2.11. The molecule has 1 aromatic carbocycles. The second-order valence-electron chi connectivity index (χ2n) is 6.02. The average molecular weight is 387 g/mol. The summed E-state index contributed by atoms with van der Waals surface area (Å²) in [5, 5.41) is 5.85. The maximum Gasteiger partial charge on any atom is 0.263 e. The molecule has 0 aliphatic heterocycles. The fourth-order valence-electron chi connectivity index (χ4n) is 2.56. The van der Waals surface area contributed by atoms with E-state index in [-0.39, 0.29) is 11.9 Å². The van der Waals surface area contributed by atoms with Crippen molar-refractivity contribution < 1.29 is 9.53 Å². The Morgan fingerprint density at radius 1 is 1.27 bits per heavy atom. The van der Waals surface area contributed by atoms with Crippen LogP contribution in [0.4, 0.5) is 0 Å².